The Kier molecular flexibility index (Phi) is 4.26. The molecule has 0 aromatic rings. The van der Waals surface area contributed by atoms with Crippen LogP contribution in [-0.4, -0.2) is 15.6 Å². The molecule has 0 bridgehead atoms. The van der Waals surface area contributed by atoms with Gasteiger partial charge in [-0.25, -0.2) is 0 Å². The molecule has 0 saturated heterocycles. The number of hydrogen-bond acceptors (Lipinski definition) is 2. The van der Waals surface area contributed by atoms with Gasteiger partial charge in [0.25, 0.3) is 0 Å². The molecule has 0 aliphatic rings. The van der Waals surface area contributed by atoms with Crippen LogP contribution in [0, 0.1) is 5.92 Å². The van der Waals surface area contributed by atoms with Gasteiger partial charge in [-0.1, -0.05) is 20.3 Å². The van der Waals surface area contributed by atoms with Gasteiger partial charge in [-0.3, -0.25) is 4.57 Å². The number of hydrogen-bond donors (Lipinski definition) is 3. The first-order chi connectivity index (χ1) is 4.89. The van der Waals surface area contributed by atoms with E-state index in [1.54, 1.807) is 6.92 Å². The van der Waals surface area contributed by atoms with Gasteiger partial charge in [-0.2, -0.15) is 0 Å². The number of nitrogens with two attached hydrogens (primary N) is 1. The van der Waals surface area contributed by atoms with Gasteiger partial charge >= 0.3 is 7.60 Å². The van der Waals surface area contributed by atoms with E-state index in [9.17, 15) is 4.57 Å². The molecule has 0 fully saturated rings. The lowest BCUT2D eigenvalue weighted by molar-refractivity contribution is 0.333. The molecule has 11 heavy (non-hydrogen) atoms. The van der Waals surface area contributed by atoms with Gasteiger partial charge in [0.2, 0.25) is 0 Å². The molecule has 0 aliphatic heterocycles. The van der Waals surface area contributed by atoms with Crippen LogP contribution in [-0.2, 0) is 4.57 Å². The maximum atomic E-state index is 10.6. The van der Waals surface area contributed by atoms with E-state index in [-0.39, 0.29) is 5.92 Å². The van der Waals surface area contributed by atoms with Crippen molar-refractivity contribution in [2.24, 2.45) is 11.7 Å². The maximum Gasteiger partial charge on any atom is 0.342 e. The van der Waals surface area contributed by atoms with Crippen LogP contribution >= 0.6 is 7.60 Å². The van der Waals surface area contributed by atoms with Crippen molar-refractivity contribution >= 4 is 7.60 Å². The van der Waals surface area contributed by atoms with Crippen molar-refractivity contribution in [1.82, 2.24) is 0 Å². The third kappa shape index (κ3) is 3.87. The summed E-state index contributed by atoms with van der Waals surface area (Å²) in [6.45, 7) is 3.72. The molecule has 4 N–H and O–H groups in total. The zero-order chi connectivity index (χ0) is 9.07. The van der Waals surface area contributed by atoms with Gasteiger partial charge in [0.1, 0.15) is 5.78 Å². The van der Waals surface area contributed by atoms with E-state index in [4.69, 9.17) is 15.5 Å². The fourth-order valence-corrected chi connectivity index (χ4v) is 1.77. The second kappa shape index (κ2) is 4.21. The van der Waals surface area contributed by atoms with Gasteiger partial charge in [0.15, 0.2) is 0 Å². The summed E-state index contributed by atoms with van der Waals surface area (Å²) in [4.78, 5) is 17.3. The summed E-state index contributed by atoms with van der Waals surface area (Å²) in [6, 6.07) is 0. The van der Waals surface area contributed by atoms with Crippen LogP contribution in [0.25, 0.3) is 0 Å². The molecule has 0 aromatic carbocycles. The Morgan fingerprint density at radius 1 is 1.55 bits per heavy atom. The Labute approximate surface area is 67.0 Å². The van der Waals surface area contributed by atoms with Crippen molar-refractivity contribution in [2.75, 3.05) is 0 Å². The molecule has 2 atom stereocenters. The maximum absolute atomic E-state index is 10.6. The average Bonchev–Trinajstić information content (AvgIpc) is 1.85. The lowest BCUT2D eigenvalue weighted by atomic mass is 10.1. The van der Waals surface area contributed by atoms with Crippen molar-refractivity contribution < 1.29 is 14.4 Å². The summed E-state index contributed by atoms with van der Waals surface area (Å²) >= 11 is 0. The topological polar surface area (TPSA) is 83.6 Å². The highest BCUT2D eigenvalue weighted by Crippen LogP contribution is 2.42. The Morgan fingerprint density at radius 3 is 2.27 bits per heavy atom. The summed E-state index contributed by atoms with van der Waals surface area (Å²) in [5.74, 6) is -1.11. The molecule has 0 radical (unpaired) electrons. The van der Waals surface area contributed by atoms with Gasteiger partial charge in [-0.15, -0.1) is 0 Å². The van der Waals surface area contributed by atoms with Crippen molar-refractivity contribution in [3.8, 4) is 0 Å². The van der Waals surface area contributed by atoms with Crippen LogP contribution in [0.2, 0.25) is 0 Å². The second-order valence-electron chi connectivity index (χ2n) is 2.85. The van der Waals surface area contributed by atoms with E-state index in [1.807, 2.05) is 6.92 Å². The van der Waals surface area contributed by atoms with E-state index in [0.717, 1.165) is 12.8 Å². The fourth-order valence-electron chi connectivity index (χ4n) is 0.958. The lowest BCUT2D eigenvalue weighted by Crippen LogP contribution is -2.27. The molecular weight excluding hydrogens is 165 g/mol. The van der Waals surface area contributed by atoms with E-state index >= 15 is 0 Å². The Bertz CT molecular complexity index is 156. The minimum atomic E-state index is -4.06. The first-order valence-corrected chi connectivity index (χ1v) is 5.38. The monoisotopic (exact) mass is 181 g/mol. The smallest absolute Gasteiger partial charge is 0.323 e. The molecule has 0 aromatic heterocycles. The summed E-state index contributed by atoms with van der Waals surface area (Å²) in [6.07, 6.45) is 1.65. The second-order valence-corrected chi connectivity index (χ2v) is 4.62. The summed E-state index contributed by atoms with van der Waals surface area (Å²) < 4.78 is 10.6. The molecular formula is C6H16NO3P. The van der Waals surface area contributed by atoms with Crippen molar-refractivity contribution in [3.05, 3.63) is 0 Å². The predicted molar refractivity (Wildman–Crippen MR) is 44.1 cm³/mol. The number of rotatable bonds is 4. The Balaban J connectivity index is 4.02. The van der Waals surface area contributed by atoms with Crippen LogP contribution in [0.3, 0.4) is 0 Å². The van der Waals surface area contributed by atoms with Crippen LogP contribution in [0.1, 0.15) is 26.7 Å². The predicted octanol–water partition coefficient (Wildman–Crippen LogP) is 0.885. The normalized spacial score (nSPS) is 17.9. The molecule has 0 heterocycles. The lowest BCUT2D eigenvalue weighted by Gasteiger charge is -2.19. The average molecular weight is 181 g/mol. The van der Waals surface area contributed by atoms with Crippen LogP contribution in [0.5, 0.6) is 0 Å². The van der Waals surface area contributed by atoms with Gasteiger partial charge in [0.05, 0.1) is 0 Å². The zero-order valence-electron chi connectivity index (χ0n) is 6.90. The molecule has 0 aliphatic carbocycles. The zero-order valence-corrected chi connectivity index (χ0v) is 7.79. The molecule has 4 nitrogen and oxygen atoms in total. The SMILES string of the molecule is CCC[C@@H](C)[C@H](N)P(=O)(O)O. The van der Waals surface area contributed by atoms with E-state index < -0.39 is 13.4 Å². The largest absolute Gasteiger partial charge is 0.342 e. The molecule has 0 unspecified atom stereocenters. The summed E-state index contributed by atoms with van der Waals surface area (Å²) in [5.41, 5.74) is 5.32. The highest BCUT2D eigenvalue weighted by Gasteiger charge is 2.29. The van der Waals surface area contributed by atoms with Crippen molar-refractivity contribution in [3.63, 3.8) is 0 Å². The minimum Gasteiger partial charge on any atom is -0.323 e. The third-order valence-electron chi connectivity index (χ3n) is 1.72. The van der Waals surface area contributed by atoms with Crippen LogP contribution < -0.4 is 5.73 Å². The van der Waals surface area contributed by atoms with Gasteiger partial charge < -0.3 is 15.5 Å². The van der Waals surface area contributed by atoms with E-state index in [2.05, 4.69) is 0 Å². The Hall–Kier alpha value is 0.110. The molecule has 0 saturated carbocycles. The Morgan fingerprint density at radius 2 is 2.00 bits per heavy atom. The molecule has 0 spiro atoms. The van der Waals surface area contributed by atoms with E-state index in [1.165, 1.54) is 0 Å². The van der Waals surface area contributed by atoms with Crippen molar-refractivity contribution in [2.45, 2.75) is 32.5 Å². The highest BCUT2D eigenvalue weighted by atomic mass is 31.2. The first-order valence-electron chi connectivity index (χ1n) is 3.70. The van der Waals surface area contributed by atoms with Crippen LogP contribution in [0.4, 0.5) is 0 Å². The molecule has 5 heteroatoms. The fraction of sp³-hybridized carbons (Fsp3) is 1.00. The third-order valence-corrected chi connectivity index (χ3v) is 3.00. The van der Waals surface area contributed by atoms with Crippen molar-refractivity contribution in [1.29, 1.82) is 0 Å². The quantitative estimate of drug-likeness (QED) is 0.562. The standard InChI is InChI=1S/C6H16NO3P/c1-3-4-5(2)6(7)11(8,9)10/h5-6H,3-4,7H2,1-2H3,(H2,8,9,10)/t5-,6-/m1/s1. The molecule has 0 rings (SSSR count). The summed E-state index contributed by atoms with van der Waals surface area (Å²) in [7, 11) is -4.06. The van der Waals surface area contributed by atoms with Crippen LogP contribution in [0.15, 0.2) is 0 Å². The molecule has 68 valence electrons. The van der Waals surface area contributed by atoms with Gasteiger partial charge in [0, 0.05) is 0 Å². The highest BCUT2D eigenvalue weighted by molar-refractivity contribution is 7.52. The summed E-state index contributed by atoms with van der Waals surface area (Å²) in [5, 5.41) is 0. The van der Waals surface area contributed by atoms with E-state index in [0.29, 0.717) is 0 Å². The van der Waals surface area contributed by atoms with Gasteiger partial charge in [-0.05, 0) is 12.3 Å². The first kappa shape index (κ1) is 11.1. The minimum absolute atomic E-state index is 0.110. The molecule has 0 amide bonds.